The summed E-state index contributed by atoms with van der Waals surface area (Å²) in [5.41, 5.74) is 26.9. The molecule has 1 aromatic heterocycles. The molecule has 0 saturated carbocycles. The molecule has 0 amide bonds. The summed E-state index contributed by atoms with van der Waals surface area (Å²) in [5.74, 6) is 0.355. The van der Waals surface area contributed by atoms with Crippen molar-refractivity contribution in [2.24, 2.45) is 0 Å². The molecule has 0 aliphatic heterocycles. The summed E-state index contributed by atoms with van der Waals surface area (Å²) < 4.78 is 5.01. The molecular formula is C81H113ClN2. The topological polar surface area (TPSA) is 8.81 Å². The average Bonchev–Trinajstić information content (AvgIpc) is 2.22. The van der Waals surface area contributed by atoms with Crippen molar-refractivity contribution in [3.8, 4) is 11.4 Å². The van der Waals surface area contributed by atoms with Crippen molar-refractivity contribution in [2.75, 3.05) is 0 Å². The van der Waals surface area contributed by atoms with Gasteiger partial charge in [-0.05, 0) is 124 Å². The van der Waals surface area contributed by atoms with Gasteiger partial charge in [0.2, 0.25) is 0 Å². The molecular weight excluding hydrogens is 1040 g/mol. The summed E-state index contributed by atoms with van der Waals surface area (Å²) in [6.45, 7) is 71.2. The molecule has 3 heteroatoms. The molecule has 0 saturated heterocycles. The van der Waals surface area contributed by atoms with Crippen LogP contribution in [0.3, 0.4) is 0 Å². The van der Waals surface area contributed by atoms with E-state index in [9.17, 15) is 0 Å². The number of rotatable bonds is 10. The molecule has 84 heavy (non-hydrogen) atoms. The number of nitrogens with zero attached hydrogens (tertiary/aromatic N) is 2. The zero-order valence-corrected chi connectivity index (χ0v) is 59.3. The largest absolute Gasteiger partial charge is 1.00 e. The maximum Gasteiger partial charge on any atom is 0.254 e. The van der Waals surface area contributed by atoms with Gasteiger partial charge in [-0.2, -0.15) is 0 Å². The number of aryl methyl sites for hydroxylation is 2. The maximum atomic E-state index is 2.51. The number of hydrogen-bond acceptors (Lipinski definition) is 0. The Hall–Kier alpha value is -5.18. The number of aromatic nitrogens is 2. The average molecular weight is 1150 g/mol. The molecule has 7 aromatic rings. The predicted octanol–water partition coefficient (Wildman–Crippen LogP) is 19.4. The second-order valence-electron chi connectivity index (χ2n) is 34.1. The van der Waals surface area contributed by atoms with Gasteiger partial charge in [0.1, 0.15) is 23.8 Å². The monoisotopic (exact) mass is 1150 g/mol. The van der Waals surface area contributed by atoms with Gasteiger partial charge in [0.05, 0.1) is 0 Å². The van der Waals surface area contributed by atoms with E-state index in [1.54, 1.807) is 0 Å². The summed E-state index contributed by atoms with van der Waals surface area (Å²) in [4.78, 5) is 0. The fourth-order valence-corrected chi connectivity index (χ4v) is 12.0. The molecule has 0 fully saturated rings. The highest BCUT2D eigenvalue weighted by Gasteiger charge is 2.34. The number of imidazole rings is 1. The lowest BCUT2D eigenvalue weighted by molar-refractivity contribution is -0.596. The van der Waals surface area contributed by atoms with E-state index in [4.69, 9.17) is 0 Å². The third-order valence-electron chi connectivity index (χ3n) is 18.4. The van der Waals surface area contributed by atoms with E-state index in [1.807, 2.05) is 0 Å². The zero-order chi connectivity index (χ0) is 62.4. The Labute approximate surface area is 520 Å². The van der Waals surface area contributed by atoms with Crippen LogP contribution in [-0.4, -0.2) is 4.57 Å². The number of hydrogen-bond donors (Lipinski definition) is 0. The van der Waals surface area contributed by atoms with Crippen molar-refractivity contribution in [2.45, 2.75) is 275 Å². The highest BCUT2D eigenvalue weighted by Crippen LogP contribution is 2.45. The quantitative estimate of drug-likeness (QED) is 0.121. The van der Waals surface area contributed by atoms with E-state index in [0.717, 1.165) is 0 Å². The first-order valence-corrected chi connectivity index (χ1v) is 31.7. The summed E-state index contributed by atoms with van der Waals surface area (Å²) >= 11 is 0. The first-order valence-electron chi connectivity index (χ1n) is 31.7. The van der Waals surface area contributed by atoms with Crippen LogP contribution in [0.1, 0.15) is 318 Å². The zero-order valence-electron chi connectivity index (χ0n) is 58.6. The maximum absolute atomic E-state index is 2.51. The Balaban J connectivity index is 0.0000113. The smallest absolute Gasteiger partial charge is 0.254 e. The molecule has 0 spiro atoms. The molecule has 6 aromatic carbocycles. The van der Waals surface area contributed by atoms with Gasteiger partial charge in [0, 0.05) is 45.9 Å². The van der Waals surface area contributed by atoms with Crippen molar-refractivity contribution >= 4 is 0 Å². The Morgan fingerprint density at radius 1 is 0.298 bits per heavy atom. The highest BCUT2D eigenvalue weighted by molar-refractivity contribution is 5.60. The van der Waals surface area contributed by atoms with Crippen molar-refractivity contribution in [1.29, 1.82) is 0 Å². The fourth-order valence-electron chi connectivity index (χ4n) is 12.0. The van der Waals surface area contributed by atoms with E-state index in [2.05, 4.69) is 333 Å². The predicted molar refractivity (Wildman–Crippen MR) is 362 cm³/mol. The molecule has 0 unspecified atom stereocenters. The van der Waals surface area contributed by atoms with Crippen LogP contribution in [0.2, 0.25) is 0 Å². The molecule has 4 atom stereocenters. The van der Waals surface area contributed by atoms with E-state index < -0.39 is 0 Å². The summed E-state index contributed by atoms with van der Waals surface area (Å²) in [7, 11) is 0. The van der Waals surface area contributed by atoms with Crippen molar-refractivity contribution in [1.82, 2.24) is 4.57 Å². The number of halogens is 1. The molecule has 0 aliphatic carbocycles. The van der Waals surface area contributed by atoms with Crippen LogP contribution in [0.15, 0.2) is 116 Å². The SMILES string of the molecule is Cc1cc([C@H](C)c2cc(C(C)(C)C)cc(C(C)(C)C)c2)c(-n2cc[n+](-c3c([C@H](C)c4cc(C(C)(C)C)cc(C(C)(C)C)c4)cc(C)cc3[C@H](C)c3cc(C(C)(C)C)cc(C(C)(C)C)c3)c2)c([C@H](C)c2cc(C(C)(C)C)cc(C(C)(C)C)c2)c1.[Cl-]. The second-order valence-corrected chi connectivity index (χ2v) is 34.1. The normalized spacial score (nSPS) is 14.7. The third kappa shape index (κ3) is 15.0. The molecule has 1 heterocycles. The van der Waals surface area contributed by atoms with Gasteiger partial charge in [0.25, 0.3) is 6.33 Å². The number of benzene rings is 6. The van der Waals surface area contributed by atoms with Crippen LogP contribution in [0.4, 0.5) is 0 Å². The molecule has 454 valence electrons. The minimum Gasteiger partial charge on any atom is -1.00 e. The van der Waals surface area contributed by atoms with Crippen LogP contribution in [0, 0.1) is 13.8 Å². The van der Waals surface area contributed by atoms with Crippen LogP contribution < -0.4 is 17.0 Å². The van der Waals surface area contributed by atoms with Gasteiger partial charge in [-0.15, -0.1) is 0 Å². The van der Waals surface area contributed by atoms with E-state index >= 15 is 0 Å². The van der Waals surface area contributed by atoms with Gasteiger partial charge < -0.3 is 12.4 Å². The van der Waals surface area contributed by atoms with E-state index in [0.29, 0.717) is 0 Å². The molecule has 2 nitrogen and oxygen atoms in total. The van der Waals surface area contributed by atoms with Gasteiger partial charge >= 0.3 is 0 Å². The minimum absolute atomic E-state index is 0. The molecule has 0 bridgehead atoms. The minimum atomic E-state index is -0.0118. The molecule has 0 aliphatic rings. The molecule has 7 rings (SSSR count). The van der Waals surface area contributed by atoms with Crippen LogP contribution in [-0.2, 0) is 43.3 Å². The standard InChI is InChI=1S/C81H113N2.ClH/c1-50-33-68(52(3)56-37-60(74(7,8)9)45-61(38-56)75(10,11)12)72(69(34-50)53(4)57-39-62(76(13,14)15)46-63(40-57)77(16,17)18)82-31-32-83(49-82)73-70(54(5)58-41-64(78(19,20)21)47-65(42-58)79(22,23)24)35-51(2)36-71(73)55(6)59-43-66(80(25,26)27)48-67(44-59)81(28,29)30;/h31-49,52-55H,1-30H3;1H/q+1;/p-1/t52-,53-,54-,55-;/m1./s1. The Kier molecular flexibility index (Phi) is 19.0. The van der Waals surface area contributed by atoms with Crippen molar-refractivity contribution in [3.05, 3.63) is 216 Å². The summed E-state index contributed by atoms with van der Waals surface area (Å²) in [5, 5.41) is 0. The van der Waals surface area contributed by atoms with Crippen LogP contribution in [0.25, 0.3) is 11.4 Å². The van der Waals surface area contributed by atoms with Gasteiger partial charge in [0.15, 0.2) is 0 Å². The van der Waals surface area contributed by atoms with E-state index in [-0.39, 0.29) is 79.4 Å². The third-order valence-corrected chi connectivity index (χ3v) is 18.4. The second kappa shape index (κ2) is 23.5. The first-order chi connectivity index (χ1) is 37.6. The Bertz CT molecular complexity index is 2930. The molecule has 0 radical (unpaired) electrons. The van der Waals surface area contributed by atoms with Crippen molar-refractivity contribution in [3.63, 3.8) is 0 Å². The van der Waals surface area contributed by atoms with Crippen LogP contribution >= 0.6 is 0 Å². The van der Waals surface area contributed by atoms with E-state index in [1.165, 1.54) is 112 Å². The highest BCUT2D eigenvalue weighted by atomic mass is 35.5. The lowest BCUT2D eigenvalue weighted by Crippen LogP contribution is -3.00. The van der Waals surface area contributed by atoms with Gasteiger partial charge in [-0.3, -0.25) is 0 Å². The van der Waals surface area contributed by atoms with Crippen LogP contribution in [0.5, 0.6) is 0 Å². The van der Waals surface area contributed by atoms with Gasteiger partial charge in [-0.25, -0.2) is 9.13 Å². The Morgan fingerprint density at radius 3 is 0.714 bits per heavy atom. The fraction of sp³-hybridized carbons (Fsp3) is 0.519. The summed E-state index contributed by atoms with van der Waals surface area (Å²) in [6, 6.07) is 40.0. The first kappa shape index (κ1) is 67.9. The van der Waals surface area contributed by atoms with Crippen molar-refractivity contribution < 1.29 is 17.0 Å². The molecule has 0 N–H and O–H groups in total. The lowest BCUT2D eigenvalue weighted by atomic mass is 9.76. The lowest BCUT2D eigenvalue weighted by Gasteiger charge is -2.29. The summed E-state index contributed by atoms with van der Waals surface area (Å²) in [6.07, 6.45) is 7.17. The Morgan fingerprint density at radius 2 is 0.500 bits per heavy atom. The van der Waals surface area contributed by atoms with Gasteiger partial charge in [-0.1, -0.05) is 302 Å².